The normalized spacial score (nSPS) is 11.2. The molecule has 0 saturated heterocycles. The third-order valence-corrected chi connectivity index (χ3v) is 1.84. The fourth-order valence-electron chi connectivity index (χ4n) is 1.05. The molecule has 1 heterocycles. The summed E-state index contributed by atoms with van der Waals surface area (Å²) in [7, 11) is 0. The van der Waals surface area contributed by atoms with Crippen LogP contribution < -0.4 is 5.32 Å². The van der Waals surface area contributed by atoms with Crippen LogP contribution in [-0.2, 0) is 11.3 Å². The number of nitro groups is 1. The highest BCUT2D eigenvalue weighted by Gasteiger charge is 2.16. The van der Waals surface area contributed by atoms with Crippen molar-refractivity contribution in [3.63, 3.8) is 0 Å². The summed E-state index contributed by atoms with van der Waals surface area (Å²) in [4.78, 5) is 21.1. The van der Waals surface area contributed by atoms with Crippen LogP contribution in [0.1, 0.15) is 13.8 Å². The minimum Gasteiger partial charge on any atom is -0.389 e. The molecule has 0 aliphatic heterocycles. The molecule has 0 aliphatic carbocycles. The quantitative estimate of drug-likeness (QED) is 0.543. The van der Waals surface area contributed by atoms with Gasteiger partial charge in [0, 0.05) is 6.54 Å². The van der Waals surface area contributed by atoms with E-state index in [0.717, 1.165) is 4.68 Å². The van der Waals surface area contributed by atoms with Gasteiger partial charge in [-0.25, -0.2) is 0 Å². The molecule has 0 spiro atoms. The molecule has 17 heavy (non-hydrogen) atoms. The maximum atomic E-state index is 11.4. The van der Waals surface area contributed by atoms with E-state index in [1.807, 2.05) is 0 Å². The van der Waals surface area contributed by atoms with Crippen molar-refractivity contribution in [2.75, 3.05) is 6.54 Å². The van der Waals surface area contributed by atoms with Crippen molar-refractivity contribution < 1.29 is 14.8 Å². The number of aliphatic hydroxyl groups is 1. The smallest absolute Gasteiger partial charge is 0.389 e. The highest BCUT2D eigenvalue weighted by Crippen LogP contribution is 2.04. The van der Waals surface area contributed by atoms with E-state index >= 15 is 0 Å². The largest absolute Gasteiger partial charge is 0.389 e. The molecule has 1 amide bonds. The number of nitrogens with zero attached hydrogens (tertiary/aromatic N) is 3. The second kappa shape index (κ2) is 4.91. The molecule has 8 heteroatoms. The molecule has 0 aromatic carbocycles. The molecular formula is C9H14N4O4. The van der Waals surface area contributed by atoms with Gasteiger partial charge in [0.2, 0.25) is 5.91 Å². The predicted octanol–water partition coefficient (Wildman–Crippen LogP) is -0.322. The number of carbonyl (C=O) groups excluding carboxylic acids is 1. The minimum atomic E-state index is -0.994. The number of aromatic nitrogens is 2. The summed E-state index contributed by atoms with van der Waals surface area (Å²) in [6, 6.07) is 1.21. The summed E-state index contributed by atoms with van der Waals surface area (Å²) < 4.78 is 1.16. The SMILES string of the molecule is CC(C)(O)CNC(=O)Cn1ccc([N+](=O)[O-])n1. The van der Waals surface area contributed by atoms with Crippen LogP contribution in [0, 0.1) is 10.1 Å². The number of amides is 1. The number of rotatable bonds is 5. The van der Waals surface area contributed by atoms with Crippen LogP contribution in [-0.4, -0.2) is 37.9 Å². The zero-order valence-corrected chi connectivity index (χ0v) is 9.58. The summed E-state index contributed by atoms with van der Waals surface area (Å²) in [6.45, 7) is 3.11. The molecule has 0 bridgehead atoms. The van der Waals surface area contributed by atoms with Gasteiger partial charge in [-0.2, -0.15) is 4.68 Å². The van der Waals surface area contributed by atoms with Crippen LogP contribution in [0.5, 0.6) is 0 Å². The second-order valence-corrected chi connectivity index (χ2v) is 4.22. The molecule has 8 nitrogen and oxygen atoms in total. The summed E-state index contributed by atoms with van der Waals surface area (Å²) in [5, 5.41) is 25.8. The third-order valence-electron chi connectivity index (χ3n) is 1.84. The average Bonchev–Trinajstić information content (AvgIpc) is 2.62. The van der Waals surface area contributed by atoms with Crippen LogP contribution in [0.15, 0.2) is 12.3 Å². The minimum absolute atomic E-state index is 0.106. The Morgan fingerprint density at radius 3 is 2.82 bits per heavy atom. The van der Waals surface area contributed by atoms with Crippen LogP contribution >= 0.6 is 0 Å². The Balaban J connectivity index is 2.48. The molecule has 0 aliphatic rings. The lowest BCUT2D eigenvalue weighted by Gasteiger charge is -2.17. The van der Waals surface area contributed by atoms with Crippen molar-refractivity contribution in [2.24, 2.45) is 0 Å². The van der Waals surface area contributed by atoms with Gasteiger partial charge in [-0.3, -0.25) is 4.79 Å². The van der Waals surface area contributed by atoms with Crippen molar-refractivity contribution in [1.29, 1.82) is 0 Å². The Morgan fingerprint density at radius 2 is 2.35 bits per heavy atom. The molecule has 0 unspecified atom stereocenters. The molecule has 1 rings (SSSR count). The molecule has 0 saturated carbocycles. The topological polar surface area (TPSA) is 110 Å². The molecule has 1 aromatic heterocycles. The maximum absolute atomic E-state index is 11.4. The van der Waals surface area contributed by atoms with Gasteiger partial charge in [0.1, 0.15) is 6.54 Å². The molecule has 0 fully saturated rings. The molecule has 2 N–H and O–H groups in total. The maximum Gasteiger partial charge on any atom is 0.389 e. The van der Waals surface area contributed by atoms with Crippen LogP contribution in [0.2, 0.25) is 0 Å². The zero-order chi connectivity index (χ0) is 13.1. The zero-order valence-electron chi connectivity index (χ0n) is 9.58. The lowest BCUT2D eigenvalue weighted by Crippen LogP contribution is -2.39. The lowest BCUT2D eigenvalue weighted by atomic mass is 10.1. The monoisotopic (exact) mass is 242 g/mol. The first-order valence-electron chi connectivity index (χ1n) is 4.95. The Labute approximate surface area is 97.4 Å². The molecule has 0 atom stereocenters. The van der Waals surface area contributed by atoms with Crippen LogP contribution in [0.4, 0.5) is 5.82 Å². The molecule has 1 aromatic rings. The van der Waals surface area contributed by atoms with E-state index < -0.39 is 10.5 Å². The van der Waals surface area contributed by atoms with E-state index in [4.69, 9.17) is 0 Å². The Morgan fingerprint density at radius 1 is 1.71 bits per heavy atom. The van der Waals surface area contributed by atoms with Crippen LogP contribution in [0.3, 0.4) is 0 Å². The second-order valence-electron chi connectivity index (χ2n) is 4.22. The van der Waals surface area contributed by atoms with Gasteiger partial charge in [-0.1, -0.05) is 0 Å². The molecule has 94 valence electrons. The lowest BCUT2D eigenvalue weighted by molar-refractivity contribution is -0.389. The van der Waals surface area contributed by atoms with Crippen molar-refractivity contribution in [2.45, 2.75) is 26.0 Å². The van der Waals surface area contributed by atoms with Gasteiger partial charge < -0.3 is 20.5 Å². The first-order chi connectivity index (χ1) is 7.78. The van der Waals surface area contributed by atoms with Crippen LogP contribution in [0.25, 0.3) is 0 Å². The van der Waals surface area contributed by atoms with Gasteiger partial charge in [-0.05, 0) is 18.8 Å². The highest BCUT2D eigenvalue weighted by molar-refractivity contribution is 5.75. The summed E-state index contributed by atoms with van der Waals surface area (Å²) in [5.74, 6) is -0.676. The van der Waals surface area contributed by atoms with Gasteiger partial charge in [0.05, 0.1) is 23.0 Å². The Hall–Kier alpha value is -1.96. The number of nitrogens with one attached hydrogen (secondary N) is 1. The van der Waals surface area contributed by atoms with Gasteiger partial charge in [0.25, 0.3) is 0 Å². The highest BCUT2D eigenvalue weighted by atomic mass is 16.6. The van der Waals surface area contributed by atoms with Gasteiger partial charge in [0.15, 0.2) is 0 Å². The van der Waals surface area contributed by atoms with Crippen molar-refractivity contribution in [3.8, 4) is 0 Å². The van der Waals surface area contributed by atoms with Gasteiger partial charge in [-0.15, -0.1) is 0 Å². The number of hydrogen-bond donors (Lipinski definition) is 2. The average molecular weight is 242 g/mol. The Bertz CT molecular complexity index is 421. The summed E-state index contributed by atoms with van der Waals surface area (Å²) >= 11 is 0. The summed E-state index contributed by atoms with van der Waals surface area (Å²) in [6.07, 6.45) is 1.35. The fourth-order valence-corrected chi connectivity index (χ4v) is 1.05. The van der Waals surface area contributed by atoms with E-state index in [9.17, 15) is 20.0 Å². The van der Waals surface area contributed by atoms with Crippen molar-refractivity contribution >= 4 is 11.7 Å². The fraction of sp³-hybridized carbons (Fsp3) is 0.556. The molecule has 0 radical (unpaired) electrons. The third kappa shape index (κ3) is 4.60. The summed E-state index contributed by atoms with van der Waals surface area (Å²) in [5.41, 5.74) is -0.994. The number of carbonyl (C=O) groups is 1. The van der Waals surface area contributed by atoms with E-state index in [1.54, 1.807) is 13.8 Å². The van der Waals surface area contributed by atoms with Crippen molar-refractivity contribution in [3.05, 3.63) is 22.4 Å². The van der Waals surface area contributed by atoms with E-state index in [1.165, 1.54) is 12.3 Å². The molecular weight excluding hydrogens is 228 g/mol. The van der Waals surface area contributed by atoms with Gasteiger partial charge >= 0.3 is 5.82 Å². The van der Waals surface area contributed by atoms with Crippen molar-refractivity contribution in [1.82, 2.24) is 15.1 Å². The first-order valence-corrected chi connectivity index (χ1v) is 4.95. The first kappa shape index (κ1) is 13.1. The number of hydrogen-bond acceptors (Lipinski definition) is 5. The van der Waals surface area contributed by atoms with E-state index in [2.05, 4.69) is 10.4 Å². The standard InChI is InChI=1S/C9H14N4O4/c1-9(2,15)6-10-8(14)5-12-4-3-7(11-12)13(16)17/h3-4,15H,5-6H2,1-2H3,(H,10,14). The van der Waals surface area contributed by atoms with E-state index in [0.29, 0.717) is 0 Å². The van der Waals surface area contributed by atoms with E-state index in [-0.39, 0.29) is 24.8 Å². The predicted molar refractivity (Wildman–Crippen MR) is 58.2 cm³/mol. The Kier molecular flexibility index (Phi) is 3.79.